The molecule has 5 aliphatic carbocycles. The second-order valence-corrected chi connectivity index (χ2v) is 17.3. The van der Waals surface area contributed by atoms with Crippen molar-refractivity contribution in [2.45, 2.75) is 116 Å². The van der Waals surface area contributed by atoms with Crippen LogP contribution >= 0.6 is 0 Å². The topological polar surface area (TPSA) is 3.24 Å². The Bertz CT molecular complexity index is 952. The summed E-state index contributed by atoms with van der Waals surface area (Å²) in [6, 6.07) is 0.750. The van der Waals surface area contributed by atoms with Crippen LogP contribution in [0.5, 0.6) is 0 Å². The van der Waals surface area contributed by atoms with Gasteiger partial charge in [0.1, 0.15) is 0 Å². The van der Waals surface area contributed by atoms with E-state index < -0.39 is 0 Å². The molecule has 0 aromatic carbocycles. The van der Waals surface area contributed by atoms with Crippen LogP contribution in [0.15, 0.2) is 0 Å². The van der Waals surface area contributed by atoms with Gasteiger partial charge in [-0.05, 0) is 105 Å². The van der Waals surface area contributed by atoms with Crippen LogP contribution in [0.2, 0.25) is 0 Å². The molecule has 1 nitrogen and oxygen atoms in total. The van der Waals surface area contributed by atoms with Gasteiger partial charge in [-0.2, -0.15) is 0 Å². The van der Waals surface area contributed by atoms with Crippen LogP contribution in [0.4, 0.5) is 0 Å². The van der Waals surface area contributed by atoms with Crippen molar-refractivity contribution in [3.63, 3.8) is 0 Å². The highest BCUT2D eigenvalue weighted by Gasteiger charge is 2.91. The molecule has 5 saturated carbocycles. The Kier molecular flexibility index (Phi) is 4.61. The number of likely N-dealkylation sites (tertiary alicyclic amines) is 1. The normalized spacial score (nSPS) is 68.6. The molecule has 6 fully saturated rings. The van der Waals surface area contributed by atoms with Crippen molar-refractivity contribution in [3.05, 3.63) is 0 Å². The third kappa shape index (κ3) is 1.99. The summed E-state index contributed by atoms with van der Waals surface area (Å²) in [4.78, 5) is 3.09. The summed E-state index contributed by atoms with van der Waals surface area (Å²) in [5, 5.41) is 0. The van der Waals surface area contributed by atoms with Gasteiger partial charge in [-0.3, -0.25) is 4.90 Å². The number of piperidine rings is 1. The SMILES string of the molecule is CCN1CC2(C)C(C)CC(C)C34C2C(C)C(C)(C2CC(C)(C)C(C)C5(C)C(C)C2(C)C3(C)C5C)C14. The summed E-state index contributed by atoms with van der Waals surface area (Å²) in [6.07, 6.45) is 2.87. The van der Waals surface area contributed by atoms with Crippen molar-refractivity contribution in [3.8, 4) is 0 Å². The first-order valence-corrected chi connectivity index (χ1v) is 15.7. The maximum atomic E-state index is 3.09. The van der Waals surface area contributed by atoms with Crippen molar-refractivity contribution < 1.29 is 0 Å². The molecule has 0 amide bonds. The number of rotatable bonds is 1. The van der Waals surface area contributed by atoms with Gasteiger partial charge >= 0.3 is 0 Å². The second-order valence-electron chi connectivity index (χ2n) is 17.3. The van der Waals surface area contributed by atoms with Gasteiger partial charge in [0.2, 0.25) is 0 Å². The Balaban J connectivity index is 1.79. The molecular weight excluding hydrogens is 422 g/mol. The molecule has 0 aromatic heterocycles. The van der Waals surface area contributed by atoms with E-state index in [0.717, 1.165) is 53.4 Å². The van der Waals surface area contributed by atoms with Crippen LogP contribution in [-0.2, 0) is 0 Å². The van der Waals surface area contributed by atoms with Crippen LogP contribution in [0.1, 0.15) is 110 Å². The van der Waals surface area contributed by atoms with E-state index >= 15 is 0 Å². The minimum atomic E-state index is 0.373. The molecule has 1 aliphatic heterocycles. The number of fused-ring (bicyclic) bond motifs is 2. The number of hydrogen-bond donors (Lipinski definition) is 0. The lowest BCUT2D eigenvalue weighted by Gasteiger charge is -2.78. The van der Waals surface area contributed by atoms with Crippen molar-refractivity contribution >= 4 is 0 Å². The predicted molar refractivity (Wildman–Crippen MR) is 149 cm³/mol. The summed E-state index contributed by atoms with van der Waals surface area (Å²) in [5.74, 6) is 6.37. The van der Waals surface area contributed by atoms with Gasteiger partial charge in [-0.25, -0.2) is 0 Å². The molecule has 6 aliphatic rings. The minimum Gasteiger partial charge on any atom is -0.299 e. The van der Waals surface area contributed by atoms with Crippen LogP contribution in [0, 0.1) is 85.2 Å². The molecule has 0 aromatic rings. The zero-order valence-electron chi connectivity index (χ0n) is 26.0. The van der Waals surface area contributed by atoms with Crippen LogP contribution in [0.3, 0.4) is 0 Å². The van der Waals surface area contributed by atoms with Crippen molar-refractivity contribution in [2.75, 3.05) is 13.1 Å². The standard InChI is InChI=1S/C34H59N/c1-15-35-18-29(10)19(2)16-20(3)34-26(29)21(4)30(11,27(34)35)25-17-28(8,9)22(5)31(12)23(6)32(25,13)33(34,14)24(31)7/h19-27H,15-18H2,1-14H3. The quantitative estimate of drug-likeness (QED) is 0.362. The van der Waals surface area contributed by atoms with Crippen LogP contribution < -0.4 is 0 Å². The second kappa shape index (κ2) is 6.39. The summed E-state index contributed by atoms with van der Waals surface area (Å²) in [7, 11) is 0. The molecular formula is C34H59N. The molecule has 15 atom stereocenters. The van der Waals surface area contributed by atoms with Crippen molar-refractivity contribution in [2.24, 2.45) is 85.2 Å². The fraction of sp³-hybridized carbons (Fsp3) is 1.00. The largest absolute Gasteiger partial charge is 0.299 e. The van der Waals surface area contributed by atoms with Gasteiger partial charge in [0, 0.05) is 12.6 Å². The lowest BCUT2D eigenvalue weighted by atomic mass is 9.30. The van der Waals surface area contributed by atoms with E-state index in [1.54, 1.807) is 0 Å². The monoisotopic (exact) mass is 481 g/mol. The first-order valence-electron chi connectivity index (χ1n) is 15.7. The van der Waals surface area contributed by atoms with Gasteiger partial charge in [0.25, 0.3) is 0 Å². The van der Waals surface area contributed by atoms with Gasteiger partial charge in [0.05, 0.1) is 0 Å². The van der Waals surface area contributed by atoms with E-state index in [1.165, 1.54) is 25.9 Å². The molecule has 0 N–H and O–H groups in total. The molecule has 0 radical (unpaired) electrons. The number of nitrogens with zero attached hydrogens (tertiary/aromatic N) is 1. The highest BCUT2D eigenvalue weighted by Crippen LogP contribution is 2.93. The fourth-order valence-electron chi connectivity index (χ4n) is 15.5. The maximum absolute atomic E-state index is 3.09. The average molecular weight is 482 g/mol. The Morgan fingerprint density at radius 3 is 1.91 bits per heavy atom. The van der Waals surface area contributed by atoms with Crippen molar-refractivity contribution in [1.82, 2.24) is 4.90 Å². The summed E-state index contributed by atoms with van der Waals surface area (Å²) >= 11 is 0. The maximum Gasteiger partial charge on any atom is 0.0222 e. The van der Waals surface area contributed by atoms with Crippen LogP contribution in [0.25, 0.3) is 0 Å². The molecule has 6 rings (SSSR count). The molecule has 200 valence electrons. The molecule has 35 heavy (non-hydrogen) atoms. The lowest BCUT2D eigenvalue weighted by Crippen LogP contribution is -2.78. The zero-order valence-corrected chi connectivity index (χ0v) is 26.0. The van der Waals surface area contributed by atoms with E-state index in [-0.39, 0.29) is 0 Å². The van der Waals surface area contributed by atoms with Gasteiger partial charge in [-0.15, -0.1) is 0 Å². The third-order valence-electron chi connectivity index (χ3n) is 17.7. The van der Waals surface area contributed by atoms with Crippen molar-refractivity contribution in [1.29, 1.82) is 0 Å². The van der Waals surface area contributed by atoms with Gasteiger partial charge in [-0.1, -0.05) is 96.9 Å². The molecule has 1 heteroatoms. The Morgan fingerprint density at radius 1 is 0.743 bits per heavy atom. The van der Waals surface area contributed by atoms with Gasteiger partial charge in [0.15, 0.2) is 0 Å². The Morgan fingerprint density at radius 2 is 1.34 bits per heavy atom. The smallest absolute Gasteiger partial charge is 0.0222 e. The fourth-order valence-corrected chi connectivity index (χ4v) is 15.5. The molecule has 15 unspecified atom stereocenters. The molecule has 1 saturated heterocycles. The average Bonchev–Trinajstić information content (AvgIpc) is 3.00. The lowest BCUT2D eigenvalue weighted by molar-refractivity contribution is -0.303. The Labute approximate surface area is 219 Å². The number of hydrogen-bond acceptors (Lipinski definition) is 1. The molecule has 7 bridgehead atoms. The molecule has 1 spiro atoms. The Hall–Kier alpha value is -0.0400. The first kappa shape index (κ1) is 25.2. The minimum absolute atomic E-state index is 0.373. The zero-order chi connectivity index (χ0) is 26.1. The van der Waals surface area contributed by atoms with E-state index in [1.807, 2.05) is 0 Å². The highest BCUT2D eigenvalue weighted by atomic mass is 15.2. The van der Waals surface area contributed by atoms with E-state index in [0.29, 0.717) is 37.9 Å². The molecule has 1 heterocycles. The first-order chi connectivity index (χ1) is 15.9. The third-order valence-corrected chi connectivity index (χ3v) is 17.7. The van der Waals surface area contributed by atoms with E-state index in [2.05, 4.69) is 102 Å². The summed E-state index contributed by atoms with van der Waals surface area (Å²) in [6.45, 7) is 40.9. The predicted octanol–water partition coefficient (Wildman–Crippen LogP) is 8.63. The van der Waals surface area contributed by atoms with Crippen LogP contribution in [-0.4, -0.2) is 24.0 Å². The van der Waals surface area contributed by atoms with E-state index in [4.69, 9.17) is 0 Å². The summed E-state index contributed by atoms with van der Waals surface area (Å²) in [5.41, 5.74) is 2.80. The van der Waals surface area contributed by atoms with E-state index in [9.17, 15) is 0 Å². The van der Waals surface area contributed by atoms with Gasteiger partial charge < -0.3 is 0 Å². The summed E-state index contributed by atoms with van der Waals surface area (Å²) < 4.78 is 0. The highest BCUT2D eigenvalue weighted by molar-refractivity contribution is 5.40.